The van der Waals surface area contributed by atoms with E-state index in [0.29, 0.717) is 17.2 Å². The Morgan fingerprint density at radius 1 is 1.22 bits per heavy atom. The van der Waals surface area contributed by atoms with Crippen LogP contribution in [0.2, 0.25) is 0 Å². The zero-order valence-electron chi connectivity index (χ0n) is 14.9. The van der Waals surface area contributed by atoms with Crippen molar-refractivity contribution in [2.75, 3.05) is 5.75 Å². The Morgan fingerprint density at radius 3 is 2.74 bits per heavy atom. The van der Waals surface area contributed by atoms with Crippen LogP contribution in [0.4, 0.5) is 4.79 Å². The fraction of sp³-hybridized carbons (Fsp3) is 0.500. The highest BCUT2D eigenvalue weighted by Gasteiger charge is 2.42. The summed E-state index contributed by atoms with van der Waals surface area (Å²) < 4.78 is 0. The summed E-state index contributed by atoms with van der Waals surface area (Å²) in [7, 11) is 0. The van der Waals surface area contributed by atoms with E-state index in [1.165, 1.54) is 0 Å². The summed E-state index contributed by atoms with van der Waals surface area (Å²) in [5.41, 5.74) is 2.79. The van der Waals surface area contributed by atoms with Crippen LogP contribution in [0.25, 0.3) is 0 Å². The summed E-state index contributed by atoms with van der Waals surface area (Å²) in [6.45, 7) is 0. The number of carbonyl (C=O) groups excluding carboxylic acids is 3. The summed E-state index contributed by atoms with van der Waals surface area (Å²) in [6.07, 6.45) is 2.92. The molecule has 0 spiro atoms. The normalized spacial score (nSPS) is 24.5. The third kappa shape index (κ3) is 4.92. The Labute approximate surface area is 162 Å². The zero-order valence-corrected chi connectivity index (χ0v) is 15.8. The molecule has 0 saturated carbocycles. The van der Waals surface area contributed by atoms with Gasteiger partial charge in [-0.1, -0.05) is 36.8 Å². The van der Waals surface area contributed by atoms with Crippen molar-refractivity contribution in [1.82, 2.24) is 21.4 Å². The maximum absolute atomic E-state index is 12.3. The van der Waals surface area contributed by atoms with Crippen molar-refractivity contribution in [2.24, 2.45) is 5.84 Å². The molecule has 0 bridgehead atoms. The van der Waals surface area contributed by atoms with Gasteiger partial charge in [0.1, 0.15) is 6.04 Å². The molecule has 2 aliphatic rings. The molecule has 0 aliphatic carbocycles. The van der Waals surface area contributed by atoms with Gasteiger partial charge < -0.3 is 16.0 Å². The molecule has 4 amide bonds. The number of unbranched alkanes of at least 4 members (excludes halogenated alkanes) is 1. The monoisotopic (exact) mass is 391 g/mol. The van der Waals surface area contributed by atoms with Crippen LogP contribution in [0.1, 0.15) is 37.3 Å². The van der Waals surface area contributed by atoms with E-state index < -0.39 is 11.9 Å². The Morgan fingerprint density at radius 2 is 2.00 bits per heavy atom. The first kappa shape index (κ1) is 19.5. The molecule has 1 unspecified atom stereocenters. The van der Waals surface area contributed by atoms with Gasteiger partial charge in [-0.3, -0.25) is 15.0 Å². The fourth-order valence-corrected chi connectivity index (χ4v) is 5.08. The minimum atomic E-state index is -0.797. The number of rotatable bonds is 8. The van der Waals surface area contributed by atoms with Crippen molar-refractivity contribution in [3.63, 3.8) is 0 Å². The van der Waals surface area contributed by atoms with Crippen LogP contribution in [0.5, 0.6) is 0 Å². The molecule has 2 saturated heterocycles. The molecule has 9 heteroatoms. The van der Waals surface area contributed by atoms with Crippen molar-refractivity contribution < 1.29 is 14.4 Å². The minimum Gasteiger partial charge on any atom is -0.340 e. The lowest BCUT2D eigenvalue weighted by molar-refractivity contribution is -0.129. The third-order valence-corrected chi connectivity index (χ3v) is 6.43. The van der Waals surface area contributed by atoms with E-state index in [1.54, 1.807) is 12.1 Å². The van der Waals surface area contributed by atoms with Crippen molar-refractivity contribution in [1.29, 1.82) is 0 Å². The number of hydrogen-bond donors (Lipinski definition) is 5. The van der Waals surface area contributed by atoms with Crippen LogP contribution >= 0.6 is 11.8 Å². The van der Waals surface area contributed by atoms with Gasteiger partial charge in [0.2, 0.25) is 5.91 Å². The number of nitrogens with one attached hydrogen (secondary N) is 4. The lowest BCUT2D eigenvalue weighted by atomic mass is 10.0. The van der Waals surface area contributed by atoms with Gasteiger partial charge >= 0.3 is 6.03 Å². The molecule has 1 aromatic carbocycles. The van der Waals surface area contributed by atoms with Crippen molar-refractivity contribution in [3.8, 4) is 0 Å². The zero-order chi connectivity index (χ0) is 19.2. The van der Waals surface area contributed by atoms with Crippen LogP contribution < -0.4 is 27.2 Å². The Hall–Kier alpha value is -2.26. The van der Waals surface area contributed by atoms with Gasteiger partial charge in [0, 0.05) is 17.4 Å². The van der Waals surface area contributed by atoms with Gasteiger partial charge in [-0.25, -0.2) is 10.6 Å². The topological polar surface area (TPSA) is 125 Å². The molecule has 0 radical (unpaired) electrons. The number of thioether (sulfide) groups is 1. The van der Waals surface area contributed by atoms with Crippen LogP contribution in [-0.4, -0.2) is 40.9 Å². The first-order valence-electron chi connectivity index (χ1n) is 9.12. The SMILES string of the molecule is NNC(=O)C(NC(=O)CCCC[C@@H]1SC[C@@H]2NC(=O)N[C@@H]21)c1ccccc1. The number of benzene rings is 1. The maximum Gasteiger partial charge on any atom is 0.315 e. The summed E-state index contributed by atoms with van der Waals surface area (Å²) in [6, 6.07) is 8.54. The van der Waals surface area contributed by atoms with Crippen LogP contribution in [-0.2, 0) is 9.59 Å². The Bertz CT molecular complexity index is 687. The number of fused-ring (bicyclic) bond motifs is 1. The van der Waals surface area contributed by atoms with Crippen molar-refractivity contribution in [3.05, 3.63) is 35.9 Å². The molecular weight excluding hydrogens is 366 g/mol. The van der Waals surface area contributed by atoms with Gasteiger partial charge in [-0.05, 0) is 18.4 Å². The highest BCUT2D eigenvalue weighted by Crippen LogP contribution is 2.33. The molecular formula is C18H25N5O3S. The highest BCUT2D eigenvalue weighted by molar-refractivity contribution is 8.00. The standard InChI is InChI=1S/C18H25N5O3S/c19-23-17(25)15(11-6-2-1-3-7-11)21-14(24)9-5-4-8-13-16-12(10-27-13)20-18(26)22-16/h1-3,6-7,12-13,15-16H,4-5,8-10,19H2,(H,21,24)(H,23,25)(H2,20,22,26)/t12-,13-,15?,16-/m0/s1. The van der Waals surface area contributed by atoms with Crippen LogP contribution in [0.3, 0.4) is 0 Å². The predicted octanol–water partition coefficient (Wildman–Crippen LogP) is 0.560. The summed E-state index contributed by atoms with van der Waals surface area (Å²) >= 11 is 1.87. The summed E-state index contributed by atoms with van der Waals surface area (Å²) in [5.74, 6) is 5.54. The minimum absolute atomic E-state index is 0.0835. The van der Waals surface area contributed by atoms with Crippen molar-refractivity contribution in [2.45, 2.75) is 49.1 Å². The van der Waals surface area contributed by atoms with Crippen LogP contribution in [0.15, 0.2) is 30.3 Å². The number of carbonyl (C=O) groups is 3. The van der Waals surface area contributed by atoms with E-state index in [4.69, 9.17) is 5.84 Å². The van der Waals surface area contributed by atoms with Gasteiger partial charge in [-0.15, -0.1) is 0 Å². The molecule has 4 atom stereocenters. The lowest BCUT2D eigenvalue weighted by Gasteiger charge is -2.18. The van der Waals surface area contributed by atoms with E-state index in [2.05, 4.69) is 21.4 Å². The first-order valence-corrected chi connectivity index (χ1v) is 10.2. The molecule has 2 fully saturated rings. The van der Waals surface area contributed by atoms with Gasteiger partial charge in [0.15, 0.2) is 0 Å². The second-order valence-electron chi connectivity index (χ2n) is 6.79. The second kappa shape index (κ2) is 9.09. The van der Waals surface area contributed by atoms with Gasteiger partial charge in [0.05, 0.1) is 12.1 Å². The molecule has 8 nitrogen and oxygen atoms in total. The van der Waals surface area contributed by atoms with E-state index in [1.807, 2.05) is 30.0 Å². The number of hydrazine groups is 1. The van der Waals surface area contributed by atoms with E-state index >= 15 is 0 Å². The summed E-state index contributed by atoms with van der Waals surface area (Å²) in [5, 5.41) is 9.04. The van der Waals surface area contributed by atoms with Gasteiger partial charge in [-0.2, -0.15) is 11.8 Å². The average molecular weight is 391 g/mol. The third-order valence-electron chi connectivity index (χ3n) is 4.92. The molecule has 0 aromatic heterocycles. The molecule has 27 heavy (non-hydrogen) atoms. The number of amides is 4. The fourth-order valence-electron chi connectivity index (χ4n) is 3.54. The first-order chi connectivity index (χ1) is 13.1. The van der Waals surface area contributed by atoms with Gasteiger partial charge in [0.25, 0.3) is 5.91 Å². The number of hydrogen-bond acceptors (Lipinski definition) is 5. The largest absolute Gasteiger partial charge is 0.340 e. The van der Waals surface area contributed by atoms with E-state index in [0.717, 1.165) is 25.0 Å². The van der Waals surface area contributed by atoms with E-state index in [-0.39, 0.29) is 24.0 Å². The summed E-state index contributed by atoms with van der Waals surface area (Å²) in [4.78, 5) is 35.6. The lowest BCUT2D eigenvalue weighted by Crippen LogP contribution is -2.43. The number of urea groups is 1. The highest BCUT2D eigenvalue weighted by atomic mass is 32.2. The van der Waals surface area contributed by atoms with E-state index in [9.17, 15) is 14.4 Å². The van der Waals surface area contributed by atoms with Crippen LogP contribution in [0, 0.1) is 0 Å². The molecule has 3 rings (SSSR count). The molecule has 2 heterocycles. The Kier molecular flexibility index (Phi) is 6.57. The molecule has 146 valence electrons. The molecule has 1 aromatic rings. The maximum atomic E-state index is 12.3. The average Bonchev–Trinajstić information content (AvgIpc) is 3.22. The quantitative estimate of drug-likeness (QED) is 0.146. The molecule has 6 N–H and O–H groups in total. The molecule has 2 aliphatic heterocycles. The predicted molar refractivity (Wildman–Crippen MR) is 104 cm³/mol. The second-order valence-corrected chi connectivity index (χ2v) is 8.06. The number of nitrogens with two attached hydrogens (primary N) is 1. The van der Waals surface area contributed by atoms with Crippen molar-refractivity contribution >= 4 is 29.6 Å². The smallest absolute Gasteiger partial charge is 0.315 e. The Balaban J connectivity index is 1.42.